The number of carboxylic acids is 1. The summed E-state index contributed by atoms with van der Waals surface area (Å²) in [5.74, 6) is 0.291. The number of aliphatic carboxylic acids is 1. The molecule has 2 heterocycles. The zero-order chi connectivity index (χ0) is 18.5. The molecule has 6 nitrogen and oxygen atoms in total. The molecule has 0 saturated carbocycles. The first kappa shape index (κ1) is 18.3. The van der Waals surface area contributed by atoms with Gasteiger partial charge in [-0.3, -0.25) is 9.69 Å². The van der Waals surface area contributed by atoms with Crippen molar-refractivity contribution < 1.29 is 14.6 Å². The molecule has 1 aliphatic heterocycles. The molecular formula is C20H25N3O3. The van der Waals surface area contributed by atoms with E-state index in [1.54, 1.807) is 7.11 Å². The van der Waals surface area contributed by atoms with Gasteiger partial charge in [-0.05, 0) is 18.1 Å². The van der Waals surface area contributed by atoms with E-state index in [-0.39, 0.29) is 5.92 Å². The fourth-order valence-electron chi connectivity index (χ4n) is 3.63. The van der Waals surface area contributed by atoms with E-state index < -0.39 is 11.9 Å². The van der Waals surface area contributed by atoms with Crippen molar-refractivity contribution in [3.05, 3.63) is 53.6 Å². The number of aromatic nitrogens is 2. The van der Waals surface area contributed by atoms with Crippen molar-refractivity contribution in [3.63, 3.8) is 0 Å². The average Bonchev–Trinajstić information content (AvgIpc) is 3.07. The van der Waals surface area contributed by atoms with Crippen LogP contribution in [0, 0.1) is 5.92 Å². The highest BCUT2D eigenvalue weighted by Crippen LogP contribution is 2.38. The van der Waals surface area contributed by atoms with Crippen LogP contribution in [0.15, 0.2) is 36.7 Å². The topological polar surface area (TPSA) is 75.6 Å². The maximum atomic E-state index is 11.8. The van der Waals surface area contributed by atoms with Gasteiger partial charge in [0.25, 0.3) is 0 Å². The molecule has 2 atom stereocenters. The van der Waals surface area contributed by atoms with Crippen LogP contribution in [0.4, 0.5) is 0 Å². The highest BCUT2D eigenvalue weighted by molar-refractivity contribution is 5.72. The van der Waals surface area contributed by atoms with Gasteiger partial charge < -0.3 is 9.84 Å². The van der Waals surface area contributed by atoms with Gasteiger partial charge in [0, 0.05) is 49.9 Å². The zero-order valence-corrected chi connectivity index (χ0v) is 15.3. The number of nitrogens with zero attached hydrogens (tertiary/aromatic N) is 3. The second kappa shape index (κ2) is 8.27. The summed E-state index contributed by atoms with van der Waals surface area (Å²) in [7, 11) is 1.62. The van der Waals surface area contributed by atoms with Crippen LogP contribution in [0.3, 0.4) is 0 Å². The number of carbonyl (C=O) groups is 1. The molecule has 0 unspecified atom stereocenters. The van der Waals surface area contributed by atoms with Gasteiger partial charge in [0.05, 0.1) is 13.0 Å². The number of rotatable bonds is 7. The van der Waals surface area contributed by atoms with E-state index in [0.717, 1.165) is 35.5 Å². The van der Waals surface area contributed by atoms with Crippen molar-refractivity contribution in [2.75, 3.05) is 20.2 Å². The normalized spacial score (nSPS) is 20.2. The van der Waals surface area contributed by atoms with Crippen molar-refractivity contribution in [3.8, 4) is 5.75 Å². The number of ether oxygens (including phenoxy) is 1. The van der Waals surface area contributed by atoms with Crippen LogP contribution in [0.5, 0.6) is 5.75 Å². The van der Waals surface area contributed by atoms with Crippen LogP contribution in [-0.4, -0.2) is 46.1 Å². The Balaban J connectivity index is 1.75. The van der Waals surface area contributed by atoms with Crippen LogP contribution < -0.4 is 4.74 Å². The number of hydrogen-bond acceptors (Lipinski definition) is 5. The molecule has 1 aromatic heterocycles. The van der Waals surface area contributed by atoms with E-state index in [4.69, 9.17) is 4.74 Å². The van der Waals surface area contributed by atoms with Gasteiger partial charge in [-0.2, -0.15) is 0 Å². The summed E-state index contributed by atoms with van der Waals surface area (Å²) >= 11 is 0. The third-order valence-corrected chi connectivity index (χ3v) is 4.89. The second-order valence-electron chi connectivity index (χ2n) is 6.74. The molecule has 1 fully saturated rings. The Labute approximate surface area is 153 Å². The Hall–Kier alpha value is -2.47. The standard InChI is InChI=1S/C20H25N3O3/c1-3-6-19-21-9-14(10-22-19)11-23-12-16(17(13-23)20(24)25)15-7-4-5-8-18(15)26-2/h4-5,7-10,16-17H,3,6,11-13H2,1-2H3,(H,24,25)/t16-,17+/m1/s1. The highest BCUT2D eigenvalue weighted by Gasteiger charge is 2.39. The predicted octanol–water partition coefficient (Wildman–Crippen LogP) is 2.74. The first-order chi connectivity index (χ1) is 12.6. The monoisotopic (exact) mass is 355 g/mol. The first-order valence-electron chi connectivity index (χ1n) is 9.00. The Kier molecular flexibility index (Phi) is 5.83. The summed E-state index contributed by atoms with van der Waals surface area (Å²) in [6.07, 6.45) is 5.60. The molecule has 26 heavy (non-hydrogen) atoms. The predicted molar refractivity (Wildman–Crippen MR) is 98.2 cm³/mol. The van der Waals surface area contributed by atoms with E-state index in [2.05, 4.69) is 21.8 Å². The van der Waals surface area contributed by atoms with Crippen LogP contribution in [-0.2, 0) is 17.8 Å². The number of likely N-dealkylation sites (tertiary alicyclic amines) is 1. The molecule has 1 N–H and O–H groups in total. The summed E-state index contributed by atoms with van der Waals surface area (Å²) in [5, 5.41) is 9.70. The summed E-state index contributed by atoms with van der Waals surface area (Å²) in [6.45, 7) is 3.94. The Morgan fingerprint density at radius 1 is 1.27 bits per heavy atom. The minimum atomic E-state index is -0.766. The van der Waals surface area contributed by atoms with E-state index in [9.17, 15) is 9.90 Å². The van der Waals surface area contributed by atoms with Gasteiger partial charge in [0.15, 0.2) is 0 Å². The molecule has 138 valence electrons. The summed E-state index contributed by atoms with van der Waals surface area (Å²) in [5.41, 5.74) is 1.97. The second-order valence-corrected chi connectivity index (χ2v) is 6.74. The fourth-order valence-corrected chi connectivity index (χ4v) is 3.63. The van der Waals surface area contributed by atoms with Crippen molar-refractivity contribution >= 4 is 5.97 Å². The summed E-state index contributed by atoms with van der Waals surface area (Å²) in [4.78, 5) is 22.8. The molecule has 0 bridgehead atoms. The van der Waals surface area contributed by atoms with E-state index in [1.165, 1.54) is 0 Å². The number of aryl methyl sites for hydroxylation is 1. The van der Waals surface area contributed by atoms with Crippen molar-refractivity contribution in [2.45, 2.75) is 32.2 Å². The average molecular weight is 355 g/mol. The highest BCUT2D eigenvalue weighted by atomic mass is 16.5. The molecule has 0 amide bonds. The molecule has 2 aromatic rings. The number of para-hydroxylation sites is 1. The third-order valence-electron chi connectivity index (χ3n) is 4.89. The van der Waals surface area contributed by atoms with Crippen LogP contribution >= 0.6 is 0 Å². The summed E-state index contributed by atoms with van der Waals surface area (Å²) < 4.78 is 5.44. The van der Waals surface area contributed by atoms with Crippen molar-refractivity contribution in [1.82, 2.24) is 14.9 Å². The molecule has 6 heteroatoms. The van der Waals surface area contributed by atoms with Gasteiger partial charge >= 0.3 is 5.97 Å². The SMILES string of the molecule is CCCc1ncc(CN2C[C@H](C(=O)O)[C@@H](c3ccccc3OC)C2)cn1. The lowest BCUT2D eigenvalue weighted by atomic mass is 9.88. The molecule has 1 aromatic carbocycles. The number of carboxylic acid groups (broad SMARTS) is 1. The molecule has 0 spiro atoms. The molecule has 3 rings (SSSR count). The lowest BCUT2D eigenvalue weighted by molar-refractivity contribution is -0.141. The van der Waals surface area contributed by atoms with E-state index >= 15 is 0 Å². The van der Waals surface area contributed by atoms with Crippen LogP contribution in [0.1, 0.15) is 36.2 Å². The number of hydrogen-bond donors (Lipinski definition) is 1. The summed E-state index contributed by atoms with van der Waals surface area (Å²) in [6, 6.07) is 7.68. The largest absolute Gasteiger partial charge is 0.496 e. The zero-order valence-electron chi connectivity index (χ0n) is 15.3. The van der Waals surface area contributed by atoms with Crippen molar-refractivity contribution in [1.29, 1.82) is 0 Å². The fraction of sp³-hybridized carbons (Fsp3) is 0.450. The van der Waals surface area contributed by atoms with Crippen LogP contribution in [0.25, 0.3) is 0 Å². The maximum Gasteiger partial charge on any atom is 0.308 e. The quantitative estimate of drug-likeness (QED) is 0.823. The molecule has 1 saturated heterocycles. The van der Waals surface area contributed by atoms with Gasteiger partial charge in [-0.25, -0.2) is 9.97 Å². The van der Waals surface area contributed by atoms with Gasteiger partial charge in [0.2, 0.25) is 0 Å². The molecule has 0 radical (unpaired) electrons. The molecular weight excluding hydrogens is 330 g/mol. The van der Waals surface area contributed by atoms with Crippen molar-refractivity contribution in [2.24, 2.45) is 5.92 Å². The van der Waals surface area contributed by atoms with Gasteiger partial charge in [-0.1, -0.05) is 25.1 Å². The molecule has 0 aliphatic carbocycles. The maximum absolute atomic E-state index is 11.8. The lowest BCUT2D eigenvalue weighted by Gasteiger charge is -2.18. The number of benzene rings is 1. The van der Waals surface area contributed by atoms with Crippen LogP contribution in [0.2, 0.25) is 0 Å². The first-order valence-corrected chi connectivity index (χ1v) is 9.00. The molecule has 1 aliphatic rings. The van der Waals surface area contributed by atoms with Gasteiger partial charge in [-0.15, -0.1) is 0 Å². The Bertz CT molecular complexity index is 748. The Morgan fingerprint density at radius 2 is 2.00 bits per heavy atom. The minimum absolute atomic E-state index is 0.0936. The minimum Gasteiger partial charge on any atom is -0.496 e. The van der Waals surface area contributed by atoms with E-state index in [0.29, 0.717) is 19.6 Å². The number of methoxy groups -OCH3 is 1. The van der Waals surface area contributed by atoms with E-state index in [1.807, 2.05) is 36.7 Å². The third kappa shape index (κ3) is 4.02. The Morgan fingerprint density at radius 3 is 2.65 bits per heavy atom. The lowest BCUT2D eigenvalue weighted by Crippen LogP contribution is -2.23. The smallest absolute Gasteiger partial charge is 0.308 e. The van der Waals surface area contributed by atoms with Gasteiger partial charge in [0.1, 0.15) is 11.6 Å².